The molecule has 0 spiro atoms. The van der Waals surface area contributed by atoms with Gasteiger partial charge in [-0.3, -0.25) is 4.99 Å². The Labute approximate surface area is 105 Å². The van der Waals surface area contributed by atoms with Gasteiger partial charge in [0.2, 0.25) is 0 Å². The van der Waals surface area contributed by atoms with Crippen molar-refractivity contribution in [2.24, 2.45) is 4.99 Å². The van der Waals surface area contributed by atoms with Gasteiger partial charge in [-0.1, -0.05) is 12.1 Å². The molecule has 1 aromatic carbocycles. The van der Waals surface area contributed by atoms with E-state index in [1.54, 1.807) is 0 Å². The molecule has 3 nitrogen and oxygen atoms in total. The van der Waals surface area contributed by atoms with E-state index in [0.717, 1.165) is 35.6 Å². The summed E-state index contributed by atoms with van der Waals surface area (Å²) in [5.74, 6) is 1.94. The van der Waals surface area contributed by atoms with E-state index in [1.807, 2.05) is 30.0 Å². The number of hydrogen-bond acceptors (Lipinski definition) is 3. The maximum Gasteiger partial charge on any atom is 0.117 e. The van der Waals surface area contributed by atoms with E-state index in [1.165, 1.54) is 17.9 Å². The van der Waals surface area contributed by atoms with Crippen molar-refractivity contribution in [3.05, 3.63) is 30.1 Å². The fraction of sp³-hybridized carbons (Fsp3) is 0.385. The Morgan fingerprint density at radius 2 is 2.18 bits per heavy atom. The zero-order valence-corrected chi connectivity index (χ0v) is 10.5. The molecule has 1 N–H and O–H groups in total. The molecule has 1 aromatic heterocycles. The van der Waals surface area contributed by atoms with Crippen LogP contribution in [-0.2, 0) is 5.75 Å². The van der Waals surface area contributed by atoms with Crippen molar-refractivity contribution in [1.29, 1.82) is 0 Å². The third-order valence-electron chi connectivity index (χ3n) is 2.90. The summed E-state index contributed by atoms with van der Waals surface area (Å²) in [6.45, 7) is 1.00. The lowest BCUT2D eigenvalue weighted by Gasteiger charge is -2.09. The number of fused-ring (bicyclic) bond motifs is 1. The van der Waals surface area contributed by atoms with Gasteiger partial charge in [-0.15, -0.1) is 11.8 Å². The number of H-pyrrole nitrogens is 1. The number of para-hydroxylation sites is 2. The number of aromatic amines is 1. The summed E-state index contributed by atoms with van der Waals surface area (Å²) in [5, 5.41) is 1.29. The van der Waals surface area contributed by atoms with Gasteiger partial charge in [-0.25, -0.2) is 4.98 Å². The quantitative estimate of drug-likeness (QED) is 0.881. The van der Waals surface area contributed by atoms with E-state index in [4.69, 9.17) is 0 Å². The Balaban J connectivity index is 1.70. The second-order valence-electron chi connectivity index (χ2n) is 4.22. The summed E-state index contributed by atoms with van der Waals surface area (Å²) < 4.78 is 0. The van der Waals surface area contributed by atoms with Crippen LogP contribution in [0.5, 0.6) is 0 Å². The van der Waals surface area contributed by atoms with Gasteiger partial charge in [0.05, 0.1) is 21.8 Å². The summed E-state index contributed by atoms with van der Waals surface area (Å²) in [4.78, 5) is 12.5. The highest BCUT2D eigenvalue weighted by Gasteiger charge is 2.08. The van der Waals surface area contributed by atoms with E-state index in [9.17, 15) is 0 Å². The number of thioether (sulfide) groups is 1. The van der Waals surface area contributed by atoms with Gasteiger partial charge in [0, 0.05) is 6.54 Å². The van der Waals surface area contributed by atoms with Crippen LogP contribution < -0.4 is 0 Å². The highest BCUT2D eigenvalue weighted by Crippen LogP contribution is 2.20. The standard InChI is InChI=1S/C13H15N3S/c1-2-6-11-10(5-1)15-12(16-11)9-17-13-7-3-4-8-14-13/h1-2,5-6H,3-4,7-9H2,(H,15,16). The number of nitrogens with zero attached hydrogens (tertiary/aromatic N) is 2. The van der Waals surface area contributed by atoms with Crippen LogP contribution in [0, 0.1) is 0 Å². The molecular formula is C13H15N3S. The Kier molecular flexibility index (Phi) is 3.14. The molecule has 2 heterocycles. The van der Waals surface area contributed by atoms with E-state index < -0.39 is 0 Å². The highest BCUT2D eigenvalue weighted by atomic mass is 32.2. The average molecular weight is 245 g/mol. The molecule has 0 unspecified atom stereocenters. The number of aliphatic imine (C=N–C) groups is 1. The van der Waals surface area contributed by atoms with Crippen LogP contribution in [0.25, 0.3) is 11.0 Å². The van der Waals surface area contributed by atoms with Gasteiger partial charge in [0.1, 0.15) is 5.82 Å². The lowest BCUT2D eigenvalue weighted by molar-refractivity contribution is 0.745. The topological polar surface area (TPSA) is 41.0 Å². The molecule has 0 aliphatic carbocycles. The average Bonchev–Trinajstić information content (AvgIpc) is 2.80. The van der Waals surface area contributed by atoms with E-state index in [0.29, 0.717) is 0 Å². The minimum absolute atomic E-state index is 0.896. The molecular weight excluding hydrogens is 230 g/mol. The molecule has 0 saturated heterocycles. The third-order valence-corrected chi connectivity index (χ3v) is 3.99. The van der Waals surface area contributed by atoms with Crippen molar-refractivity contribution >= 4 is 27.8 Å². The lowest BCUT2D eigenvalue weighted by Crippen LogP contribution is -2.02. The van der Waals surface area contributed by atoms with Crippen LogP contribution in [0.1, 0.15) is 25.1 Å². The maximum absolute atomic E-state index is 4.57. The molecule has 0 bridgehead atoms. The first kappa shape index (κ1) is 10.8. The van der Waals surface area contributed by atoms with Crippen molar-refractivity contribution in [2.75, 3.05) is 6.54 Å². The molecule has 17 heavy (non-hydrogen) atoms. The number of nitrogens with one attached hydrogen (secondary N) is 1. The summed E-state index contributed by atoms with van der Waals surface area (Å²) in [5.41, 5.74) is 2.17. The largest absolute Gasteiger partial charge is 0.341 e. The predicted molar refractivity (Wildman–Crippen MR) is 73.5 cm³/mol. The summed E-state index contributed by atoms with van der Waals surface area (Å²) in [6, 6.07) is 8.15. The fourth-order valence-corrected chi connectivity index (χ4v) is 2.93. The van der Waals surface area contributed by atoms with Crippen molar-refractivity contribution < 1.29 is 0 Å². The van der Waals surface area contributed by atoms with E-state index in [-0.39, 0.29) is 0 Å². The van der Waals surface area contributed by atoms with Crippen molar-refractivity contribution in [2.45, 2.75) is 25.0 Å². The van der Waals surface area contributed by atoms with Crippen LogP contribution in [0.2, 0.25) is 0 Å². The zero-order valence-electron chi connectivity index (χ0n) is 9.65. The minimum Gasteiger partial charge on any atom is -0.341 e. The number of hydrogen-bond donors (Lipinski definition) is 1. The van der Waals surface area contributed by atoms with Crippen molar-refractivity contribution in [3.63, 3.8) is 0 Å². The maximum atomic E-state index is 4.57. The lowest BCUT2D eigenvalue weighted by atomic mass is 10.2. The first-order valence-corrected chi connectivity index (χ1v) is 7.00. The first-order valence-electron chi connectivity index (χ1n) is 6.01. The monoisotopic (exact) mass is 245 g/mol. The SMILES string of the molecule is c1ccc2[nH]c(CSC3=NCCCC3)nc2c1. The Bertz CT molecular complexity index is 511. The van der Waals surface area contributed by atoms with Crippen LogP contribution in [0.15, 0.2) is 29.3 Å². The minimum atomic E-state index is 0.896. The molecule has 4 heteroatoms. The number of imidazole rings is 1. The first-order chi connectivity index (χ1) is 8.42. The van der Waals surface area contributed by atoms with Gasteiger partial charge in [-0.2, -0.15) is 0 Å². The highest BCUT2D eigenvalue weighted by molar-refractivity contribution is 8.13. The number of aromatic nitrogens is 2. The summed E-state index contributed by atoms with van der Waals surface area (Å²) in [6.07, 6.45) is 3.67. The molecule has 2 aromatic rings. The van der Waals surface area contributed by atoms with E-state index >= 15 is 0 Å². The molecule has 88 valence electrons. The van der Waals surface area contributed by atoms with Crippen molar-refractivity contribution in [1.82, 2.24) is 9.97 Å². The molecule has 0 atom stereocenters. The number of benzene rings is 1. The van der Waals surface area contributed by atoms with Gasteiger partial charge in [-0.05, 0) is 31.4 Å². The predicted octanol–water partition coefficient (Wildman–Crippen LogP) is 3.38. The van der Waals surface area contributed by atoms with Crippen LogP contribution in [-0.4, -0.2) is 21.6 Å². The molecule has 1 aliphatic heterocycles. The van der Waals surface area contributed by atoms with Crippen LogP contribution >= 0.6 is 11.8 Å². The molecule has 3 rings (SSSR count). The number of rotatable bonds is 2. The van der Waals surface area contributed by atoms with Gasteiger partial charge in [0.15, 0.2) is 0 Å². The molecule has 0 radical (unpaired) electrons. The second-order valence-corrected chi connectivity index (χ2v) is 5.27. The fourth-order valence-electron chi connectivity index (χ4n) is 2.01. The van der Waals surface area contributed by atoms with Crippen LogP contribution in [0.3, 0.4) is 0 Å². The van der Waals surface area contributed by atoms with Gasteiger partial charge in [0.25, 0.3) is 0 Å². The normalized spacial score (nSPS) is 16.1. The third kappa shape index (κ3) is 2.52. The summed E-state index contributed by atoms with van der Waals surface area (Å²) in [7, 11) is 0. The Morgan fingerprint density at radius 3 is 3.00 bits per heavy atom. The van der Waals surface area contributed by atoms with E-state index in [2.05, 4.69) is 21.0 Å². The smallest absolute Gasteiger partial charge is 0.117 e. The molecule has 0 saturated carbocycles. The van der Waals surface area contributed by atoms with Gasteiger partial charge < -0.3 is 4.98 Å². The van der Waals surface area contributed by atoms with Crippen LogP contribution in [0.4, 0.5) is 0 Å². The summed E-state index contributed by atoms with van der Waals surface area (Å²) >= 11 is 1.82. The second kappa shape index (κ2) is 4.92. The molecule has 0 fully saturated rings. The van der Waals surface area contributed by atoms with Gasteiger partial charge >= 0.3 is 0 Å². The Morgan fingerprint density at radius 1 is 1.24 bits per heavy atom. The molecule has 0 amide bonds. The zero-order chi connectivity index (χ0) is 11.5. The van der Waals surface area contributed by atoms with Crippen molar-refractivity contribution in [3.8, 4) is 0 Å². The molecule has 1 aliphatic rings. The Hall–Kier alpha value is -1.29.